The van der Waals surface area contributed by atoms with Crippen LogP contribution in [0.25, 0.3) is 10.9 Å². The largest absolute Gasteiger partial charge is 0.361 e. The first-order chi connectivity index (χ1) is 13.6. The summed E-state index contributed by atoms with van der Waals surface area (Å²) in [6.45, 7) is 3.30. The van der Waals surface area contributed by atoms with E-state index in [0.29, 0.717) is 36.6 Å². The van der Waals surface area contributed by atoms with Gasteiger partial charge in [-0.15, -0.1) is 0 Å². The molecule has 0 bridgehead atoms. The predicted octanol–water partition coefficient (Wildman–Crippen LogP) is 3.62. The van der Waals surface area contributed by atoms with E-state index in [4.69, 9.17) is 5.26 Å². The summed E-state index contributed by atoms with van der Waals surface area (Å²) < 4.78 is 27.4. The van der Waals surface area contributed by atoms with Crippen molar-refractivity contribution in [3.8, 4) is 6.07 Å². The van der Waals surface area contributed by atoms with Gasteiger partial charge in [-0.3, -0.25) is 0 Å². The Bertz CT molecular complexity index is 1030. The number of hydrogen-bond acceptors (Lipinski definition) is 2. The summed E-state index contributed by atoms with van der Waals surface area (Å²) in [6, 6.07) is 10.9. The van der Waals surface area contributed by atoms with Crippen molar-refractivity contribution in [2.75, 3.05) is 13.1 Å². The Morgan fingerprint density at radius 1 is 1.14 bits per heavy atom. The van der Waals surface area contributed by atoms with Crippen LogP contribution in [0.1, 0.15) is 23.6 Å². The number of nitriles is 1. The summed E-state index contributed by atoms with van der Waals surface area (Å²) in [7, 11) is 0. The molecule has 0 aliphatic rings. The second kappa shape index (κ2) is 9.00. The monoisotopic (exact) mass is 381 g/mol. The van der Waals surface area contributed by atoms with Gasteiger partial charge in [-0.2, -0.15) is 5.26 Å². The van der Waals surface area contributed by atoms with Crippen LogP contribution in [-0.4, -0.2) is 24.0 Å². The number of guanidine groups is 1. The average molecular weight is 381 g/mol. The lowest BCUT2D eigenvalue weighted by atomic mass is 10.1. The van der Waals surface area contributed by atoms with Crippen LogP contribution in [0.2, 0.25) is 0 Å². The summed E-state index contributed by atoms with van der Waals surface area (Å²) >= 11 is 0. The number of aliphatic imine (C=N–C) groups is 1. The molecule has 7 heteroatoms. The Kier molecular flexibility index (Phi) is 6.22. The van der Waals surface area contributed by atoms with Crippen LogP contribution in [0.4, 0.5) is 8.78 Å². The van der Waals surface area contributed by atoms with E-state index >= 15 is 0 Å². The van der Waals surface area contributed by atoms with Crippen molar-refractivity contribution in [2.45, 2.75) is 19.9 Å². The topological polar surface area (TPSA) is 76.0 Å². The minimum absolute atomic E-state index is 0.120. The van der Waals surface area contributed by atoms with E-state index in [1.165, 1.54) is 30.3 Å². The molecule has 0 unspecified atom stereocenters. The molecule has 0 saturated heterocycles. The first-order valence-electron chi connectivity index (χ1n) is 9.07. The van der Waals surface area contributed by atoms with Crippen LogP contribution in [0, 0.1) is 23.0 Å². The number of nitrogens with zero attached hydrogens (tertiary/aromatic N) is 2. The summed E-state index contributed by atoms with van der Waals surface area (Å²) in [5.41, 5.74) is 2.66. The Balaban J connectivity index is 1.65. The molecule has 1 heterocycles. The number of nitrogens with one attached hydrogen (secondary N) is 3. The van der Waals surface area contributed by atoms with Crippen LogP contribution in [0.3, 0.4) is 0 Å². The highest BCUT2D eigenvalue weighted by Gasteiger charge is 2.07. The minimum atomic E-state index is -0.389. The number of H-pyrrole nitrogens is 1. The summed E-state index contributed by atoms with van der Waals surface area (Å²) in [5.74, 6) is -0.104. The Hall–Kier alpha value is -3.40. The molecule has 3 rings (SSSR count). The summed E-state index contributed by atoms with van der Waals surface area (Å²) in [6.07, 6.45) is 2.55. The van der Waals surface area contributed by atoms with Crippen molar-refractivity contribution in [3.63, 3.8) is 0 Å². The lowest BCUT2D eigenvalue weighted by molar-refractivity contribution is 0.610. The van der Waals surface area contributed by atoms with Gasteiger partial charge in [0.25, 0.3) is 0 Å². The van der Waals surface area contributed by atoms with E-state index in [0.717, 1.165) is 16.5 Å². The predicted molar refractivity (Wildman–Crippen MR) is 106 cm³/mol. The third-order valence-corrected chi connectivity index (χ3v) is 4.34. The SMILES string of the molecule is CCNC(=NCc1cc(C#N)ccc1F)NCCc1c[nH]c2ccc(F)cc12. The van der Waals surface area contributed by atoms with Gasteiger partial charge in [0.2, 0.25) is 0 Å². The number of rotatable bonds is 6. The smallest absolute Gasteiger partial charge is 0.191 e. The third-order valence-electron chi connectivity index (χ3n) is 4.34. The number of hydrogen-bond donors (Lipinski definition) is 3. The Labute approximate surface area is 162 Å². The van der Waals surface area contributed by atoms with Crippen LogP contribution in [0.15, 0.2) is 47.6 Å². The van der Waals surface area contributed by atoms with E-state index in [1.54, 1.807) is 6.07 Å². The molecule has 0 amide bonds. The third kappa shape index (κ3) is 4.65. The number of benzene rings is 2. The van der Waals surface area contributed by atoms with Crippen molar-refractivity contribution in [1.29, 1.82) is 5.26 Å². The highest BCUT2D eigenvalue weighted by molar-refractivity contribution is 5.83. The molecular formula is C21H21F2N5. The molecule has 0 radical (unpaired) electrons. The van der Waals surface area contributed by atoms with Gasteiger partial charge in [0.05, 0.1) is 18.2 Å². The molecule has 0 saturated carbocycles. The molecule has 0 atom stereocenters. The standard InChI is InChI=1S/C21H21F2N5/c1-2-25-21(28-13-16-9-14(11-24)3-5-19(16)23)26-8-7-15-12-27-20-6-4-17(22)10-18(15)20/h3-6,9-10,12,27H,2,7-8,13H2,1H3,(H2,25,26,28). The van der Waals surface area contributed by atoms with Crippen LogP contribution in [-0.2, 0) is 13.0 Å². The maximum Gasteiger partial charge on any atom is 0.191 e. The summed E-state index contributed by atoms with van der Waals surface area (Å²) in [4.78, 5) is 7.53. The van der Waals surface area contributed by atoms with Gasteiger partial charge in [-0.05, 0) is 55.3 Å². The molecule has 0 spiro atoms. The number of aromatic nitrogens is 1. The molecule has 0 aliphatic carbocycles. The molecule has 28 heavy (non-hydrogen) atoms. The van der Waals surface area contributed by atoms with E-state index in [-0.39, 0.29) is 18.2 Å². The number of fused-ring (bicyclic) bond motifs is 1. The average Bonchev–Trinajstić information content (AvgIpc) is 3.09. The molecule has 1 aromatic heterocycles. The molecule has 0 aliphatic heterocycles. The summed E-state index contributed by atoms with van der Waals surface area (Å²) in [5, 5.41) is 16.1. The zero-order chi connectivity index (χ0) is 19.9. The van der Waals surface area contributed by atoms with E-state index in [1.807, 2.05) is 19.2 Å². The fourth-order valence-electron chi connectivity index (χ4n) is 2.94. The maximum atomic E-state index is 13.9. The van der Waals surface area contributed by atoms with Crippen LogP contribution >= 0.6 is 0 Å². The van der Waals surface area contributed by atoms with Gasteiger partial charge in [-0.25, -0.2) is 13.8 Å². The highest BCUT2D eigenvalue weighted by atomic mass is 19.1. The second-order valence-corrected chi connectivity index (χ2v) is 6.29. The zero-order valence-electron chi connectivity index (χ0n) is 15.5. The zero-order valence-corrected chi connectivity index (χ0v) is 15.5. The maximum absolute atomic E-state index is 13.9. The van der Waals surface area contributed by atoms with Gasteiger partial charge in [0.15, 0.2) is 5.96 Å². The Morgan fingerprint density at radius 2 is 2.00 bits per heavy atom. The van der Waals surface area contributed by atoms with Crippen molar-refractivity contribution < 1.29 is 8.78 Å². The molecule has 144 valence electrons. The van der Waals surface area contributed by atoms with Crippen molar-refractivity contribution in [1.82, 2.24) is 15.6 Å². The molecule has 5 nitrogen and oxygen atoms in total. The van der Waals surface area contributed by atoms with Crippen LogP contribution < -0.4 is 10.6 Å². The molecule has 0 fully saturated rings. The second-order valence-electron chi connectivity index (χ2n) is 6.29. The van der Waals surface area contributed by atoms with Crippen LogP contribution in [0.5, 0.6) is 0 Å². The fourth-order valence-corrected chi connectivity index (χ4v) is 2.94. The van der Waals surface area contributed by atoms with Gasteiger partial charge in [0, 0.05) is 35.8 Å². The minimum Gasteiger partial charge on any atom is -0.361 e. The fraction of sp³-hybridized carbons (Fsp3) is 0.238. The quantitative estimate of drug-likeness (QED) is 0.451. The normalized spacial score (nSPS) is 11.4. The first kappa shape index (κ1) is 19.4. The first-order valence-corrected chi connectivity index (χ1v) is 9.07. The molecule has 2 aromatic carbocycles. The Morgan fingerprint density at radius 3 is 2.79 bits per heavy atom. The van der Waals surface area contributed by atoms with Crippen molar-refractivity contribution in [3.05, 3.63) is 70.9 Å². The van der Waals surface area contributed by atoms with E-state index in [9.17, 15) is 8.78 Å². The van der Waals surface area contributed by atoms with Crippen molar-refractivity contribution >= 4 is 16.9 Å². The van der Waals surface area contributed by atoms with Gasteiger partial charge in [0.1, 0.15) is 11.6 Å². The molecular weight excluding hydrogens is 360 g/mol. The lowest BCUT2D eigenvalue weighted by Crippen LogP contribution is -2.38. The van der Waals surface area contributed by atoms with Gasteiger partial charge >= 0.3 is 0 Å². The van der Waals surface area contributed by atoms with E-state index < -0.39 is 0 Å². The number of halogens is 2. The van der Waals surface area contributed by atoms with Gasteiger partial charge in [-0.1, -0.05) is 0 Å². The number of aromatic amines is 1. The van der Waals surface area contributed by atoms with Crippen molar-refractivity contribution in [2.24, 2.45) is 4.99 Å². The van der Waals surface area contributed by atoms with Gasteiger partial charge < -0.3 is 15.6 Å². The van der Waals surface area contributed by atoms with E-state index in [2.05, 4.69) is 20.6 Å². The lowest BCUT2D eigenvalue weighted by Gasteiger charge is -2.11. The highest BCUT2D eigenvalue weighted by Crippen LogP contribution is 2.19. The molecule has 3 N–H and O–H groups in total. The molecule has 3 aromatic rings.